The van der Waals surface area contributed by atoms with E-state index in [0.717, 1.165) is 0 Å². The lowest BCUT2D eigenvalue weighted by Crippen LogP contribution is -2.11. The molecule has 6 nitrogen and oxygen atoms in total. The predicted molar refractivity (Wildman–Crippen MR) is 100 cm³/mol. The fourth-order valence-electron chi connectivity index (χ4n) is 2.50. The standard InChI is InChI=1S/C18H16ClN3O3S/c1-2-18(23)17-11-16(12-3-9-15(10-4-12)26(20,24)25)21-22(17)14-7-5-13(19)6-8-14/h3-11H,2H2,1H3,(H2,20,24,25). The Morgan fingerprint density at radius 3 is 2.27 bits per heavy atom. The van der Waals surface area contributed by atoms with Crippen LogP contribution in [-0.2, 0) is 10.0 Å². The molecule has 0 radical (unpaired) electrons. The highest BCUT2D eigenvalue weighted by Gasteiger charge is 2.17. The van der Waals surface area contributed by atoms with Crippen LogP contribution < -0.4 is 5.14 Å². The Morgan fingerprint density at radius 2 is 1.73 bits per heavy atom. The van der Waals surface area contributed by atoms with Gasteiger partial charge in [-0.05, 0) is 42.5 Å². The summed E-state index contributed by atoms with van der Waals surface area (Å²) in [5.74, 6) is -0.0557. The number of halogens is 1. The molecule has 8 heteroatoms. The summed E-state index contributed by atoms with van der Waals surface area (Å²) in [5.41, 5.74) is 2.38. The molecule has 0 unspecified atom stereocenters. The van der Waals surface area contributed by atoms with Crippen molar-refractivity contribution in [3.8, 4) is 16.9 Å². The van der Waals surface area contributed by atoms with Crippen LogP contribution >= 0.6 is 11.6 Å². The first kappa shape index (κ1) is 18.3. The summed E-state index contributed by atoms with van der Waals surface area (Å²) in [6.07, 6.45) is 0.336. The molecular weight excluding hydrogens is 374 g/mol. The van der Waals surface area contributed by atoms with E-state index in [4.69, 9.17) is 16.7 Å². The Kier molecular flexibility index (Phi) is 4.95. The molecule has 2 N–H and O–H groups in total. The summed E-state index contributed by atoms with van der Waals surface area (Å²) in [6.45, 7) is 1.78. The maximum absolute atomic E-state index is 12.3. The van der Waals surface area contributed by atoms with E-state index in [9.17, 15) is 13.2 Å². The number of Topliss-reactive ketones (excluding diaryl/α,β-unsaturated/α-hetero) is 1. The number of carbonyl (C=O) groups excluding carboxylic acids is 1. The number of nitrogens with zero attached hydrogens (tertiary/aromatic N) is 2. The van der Waals surface area contributed by atoms with Crippen LogP contribution in [0, 0.1) is 0 Å². The number of benzene rings is 2. The van der Waals surface area contributed by atoms with Crippen molar-refractivity contribution in [2.75, 3.05) is 0 Å². The van der Waals surface area contributed by atoms with Crippen molar-refractivity contribution in [1.29, 1.82) is 0 Å². The van der Waals surface area contributed by atoms with Gasteiger partial charge in [-0.25, -0.2) is 18.2 Å². The Hall–Kier alpha value is -2.48. The molecule has 3 aromatic rings. The summed E-state index contributed by atoms with van der Waals surface area (Å²) < 4.78 is 24.3. The van der Waals surface area contributed by atoms with Gasteiger partial charge in [0, 0.05) is 17.0 Å². The highest BCUT2D eigenvalue weighted by Crippen LogP contribution is 2.24. The number of sulfonamides is 1. The topological polar surface area (TPSA) is 95.1 Å². The largest absolute Gasteiger partial charge is 0.292 e. The number of hydrogen-bond acceptors (Lipinski definition) is 4. The van der Waals surface area contributed by atoms with Crippen LogP contribution in [0.5, 0.6) is 0 Å². The van der Waals surface area contributed by atoms with E-state index in [0.29, 0.717) is 34.1 Å². The van der Waals surface area contributed by atoms with Crippen LogP contribution in [0.2, 0.25) is 5.02 Å². The first-order valence-electron chi connectivity index (χ1n) is 7.82. The maximum atomic E-state index is 12.3. The predicted octanol–water partition coefficient (Wildman–Crippen LogP) is 3.43. The molecule has 0 bridgehead atoms. The van der Waals surface area contributed by atoms with E-state index in [1.165, 1.54) is 12.1 Å². The molecule has 0 fully saturated rings. The lowest BCUT2D eigenvalue weighted by molar-refractivity contribution is 0.0980. The fraction of sp³-hybridized carbons (Fsp3) is 0.111. The van der Waals surface area contributed by atoms with Crippen LogP contribution in [0.1, 0.15) is 23.8 Å². The molecule has 0 atom stereocenters. The molecule has 3 rings (SSSR count). The second-order valence-corrected chi connectivity index (χ2v) is 7.65. The molecule has 0 amide bonds. The number of carbonyl (C=O) groups is 1. The van der Waals surface area contributed by atoms with Crippen molar-refractivity contribution in [3.63, 3.8) is 0 Å². The fourth-order valence-corrected chi connectivity index (χ4v) is 3.14. The number of nitrogens with two attached hydrogens (primary N) is 1. The quantitative estimate of drug-likeness (QED) is 0.676. The molecule has 0 saturated carbocycles. The van der Waals surface area contributed by atoms with Gasteiger partial charge < -0.3 is 0 Å². The molecule has 0 aliphatic carbocycles. The van der Waals surface area contributed by atoms with Gasteiger partial charge in [0.2, 0.25) is 10.0 Å². The monoisotopic (exact) mass is 389 g/mol. The van der Waals surface area contributed by atoms with Crippen LogP contribution in [0.3, 0.4) is 0 Å². The molecule has 0 aliphatic heterocycles. The van der Waals surface area contributed by atoms with Gasteiger partial charge in [0.25, 0.3) is 0 Å². The maximum Gasteiger partial charge on any atom is 0.238 e. The van der Waals surface area contributed by atoms with E-state index in [1.54, 1.807) is 54.1 Å². The average molecular weight is 390 g/mol. The molecule has 0 aliphatic rings. The third-order valence-corrected chi connectivity index (χ3v) is 5.05. The van der Waals surface area contributed by atoms with Crippen LogP contribution in [0.15, 0.2) is 59.5 Å². The van der Waals surface area contributed by atoms with Gasteiger partial charge in [0.15, 0.2) is 5.78 Å². The summed E-state index contributed by atoms with van der Waals surface area (Å²) in [7, 11) is -3.76. The highest BCUT2D eigenvalue weighted by molar-refractivity contribution is 7.89. The Balaban J connectivity index is 2.09. The van der Waals surface area contributed by atoms with Gasteiger partial charge in [0.1, 0.15) is 5.69 Å². The first-order valence-corrected chi connectivity index (χ1v) is 9.74. The highest BCUT2D eigenvalue weighted by atomic mass is 35.5. The van der Waals surface area contributed by atoms with Gasteiger partial charge in [0.05, 0.1) is 16.3 Å². The molecule has 1 aromatic heterocycles. The molecule has 26 heavy (non-hydrogen) atoms. The normalized spacial score (nSPS) is 11.5. The smallest absolute Gasteiger partial charge is 0.238 e. The van der Waals surface area contributed by atoms with Crippen LogP contribution in [0.25, 0.3) is 16.9 Å². The van der Waals surface area contributed by atoms with E-state index in [2.05, 4.69) is 5.10 Å². The first-order chi connectivity index (χ1) is 12.3. The molecule has 0 saturated heterocycles. The van der Waals surface area contributed by atoms with E-state index >= 15 is 0 Å². The SMILES string of the molecule is CCC(=O)c1cc(-c2ccc(S(N)(=O)=O)cc2)nn1-c1ccc(Cl)cc1. The Morgan fingerprint density at radius 1 is 1.12 bits per heavy atom. The van der Waals surface area contributed by atoms with Crippen molar-refractivity contribution < 1.29 is 13.2 Å². The van der Waals surface area contributed by atoms with E-state index in [-0.39, 0.29) is 10.7 Å². The number of hydrogen-bond donors (Lipinski definition) is 1. The number of rotatable bonds is 5. The molecular formula is C18H16ClN3O3S. The van der Waals surface area contributed by atoms with Gasteiger partial charge in [-0.15, -0.1) is 0 Å². The minimum atomic E-state index is -3.76. The van der Waals surface area contributed by atoms with Crippen LogP contribution in [-0.4, -0.2) is 24.0 Å². The summed E-state index contributed by atoms with van der Waals surface area (Å²) in [4.78, 5) is 12.3. The second-order valence-electron chi connectivity index (χ2n) is 5.65. The van der Waals surface area contributed by atoms with Gasteiger partial charge in [-0.2, -0.15) is 5.10 Å². The van der Waals surface area contributed by atoms with Gasteiger partial charge >= 0.3 is 0 Å². The zero-order chi connectivity index (χ0) is 18.9. The number of ketones is 1. The number of primary sulfonamides is 1. The van der Waals surface area contributed by atoms with Crippen molar-refractivity contribution >= 4 is 27.4 Å². The lowest BCUT2D eigenvalue weighted by atomic mass is 10.1. The summed E-state index contributed by atoms with van der Waals surface area (Å²) in [6, 6.07) is 14.7. The molecule has 0 spiro atoms. The average Bonchev–Trinajstić information content (AvgIpc) is 3.06. The molecule has 1 heterocycles. The third kappa shape index (κ3) is 3.70. The van der Waals surface area contributed by atoms with E-state index in [1.807, 2.05) is 0 Å². The van der Waals surface area contributed by atoms with Crippen molar-refractivity contribution in [3.05, 3.63) is 65.3 Å². The van der Waals surface area contributed by atoms with E-state index < -0.39 is 10.0 Å². The minimum Gasteiger partial charge on any atom is -0.292 e. The van der Waals surface area contributed by atoms with Crippen molar-refractivity contribution in [2.45, 2.75) is 18.2 Å². The van der Waals surface area contributed by atoms with Crippen molar-refractivity contribution in [1.82, 2.24) is 9.78 Å². The molecule has 134 valence electrons. The zero-order valence-corrected chi connectivity index (χ0v) is 15.5. The zero-order valence-electron chi connectivity index (χ0n) is 13.9. The minimum absolute atomic E-state index is 0.0169. The second kappa shape index (κ2) is 7.03. The molecule has 2 aromatic carbocycles. The number of aromatic nitrogens is 2. The Bertz CT molecular complexity index is 1060. The summed E-state index contributed by atoms with van der Waals surface area (Å²) >= 11 is 5.93. The van der Waals surface area contributed by atoms with Crippen LogP contribution in [0.4, 0.5) is 0 Å². The summed E-state index contributed by atoms with van der Waals surface area (Å²) in [5, 5.41) is 10.2. The third-order valence-electron chi connectivity index (χ3n) is 3.87. The van der Waals surface area contributed by atoms with Crippen molar-refractivity contribution in [2.24, 2.45) is 5.14 Å². The lowest BCUT2D eigenvalue weighted by Gasteiger charge is -2.05. The van der Waals surface area contributed by atoms with Gasteiger partial charge in [-0.1, -0.05) is 30.7 Å². The van der Waals surface area contributed by atoms with Gasteiger partial charge in [-0.3, -0.25) is 4.79 Å². The Labute approximate surface area is 156 Å².